The van der Waals surface area contributed by atoms with Gasteiger partial charge in [0.15, 0.2) is 0 Å². The predicted molar refractivity (Wildman–Crippen MR) is 52.6 cm³/mol. The number of halogens is 1. The predicted octanol–water partition coefficient (Wildman–Crippen LogP) is 4.02. The normalized spacial score (nSPS) is 12.9. The zero-order chi connectivity index (χ0) is 9.56. The Hall–Kier alpha value is -0.850. The van der Waals surface area contributed by atoms with Crippen LogP contribution in [0, 0.1) is 5.92 Å². The third kappa shape index (κ3) is 4.89. The fourth-order valence-electron chi connectivity index (χ4n) is 0.995. The Morgan fingerprint density at radius 2 is 2.08 bits per heavy atom. The molecule has 0 radical (unpaired) electrons. The fraction of sp³-hybridized carbons (Fsp3) is 0.455. The van der Waals surface area contributed by atoms with Gasteiger partial charge in [-0.3, -0.25) is 0 Å². The van der Waals surface area contributed by atoms with Crippen molar-refractivity contribution in [3.63, 3.8) is 0 Å². The Morgan fingerprint density at radius 3 is 2.42 bits per heavy atom. The van der Waals surface area contributed by atoms with E-state index in [2.05, 4.69) is 27.4 Å². The number of hydrogen-bond donors (Lipinski definition) is 0. The van der Waals surface area contributed by atoms with E-state index in [9.17, 15) is 4.39 Å². The van der Waals surface area contributed by atoms with Crippen LogP contribution in [-0.4, -0.2) is 0 Å². The Labute approximate surface area is 74.5 Å². The first-order valence-electron chi connectivity index (χ1n) is 4.29. The van der Waals surface area contributed by atoms with Crippen LogP contribution >= 0.6 is 0 Å². The molecule has 0 bridgehead atoms. The molecule has 0 aromatic heterocycles. The molecular formula is C11H17F. The highest BCUT2D eigenvalue weighted by molar-refractivity contribution is 5.18. The van der Waals surface area contributed by atoms with Crippen molar-refractivity contribution in [3.8, 4) is 0 Å². The first-order chi connectivity index (χ1) is 5.57. The summed E-state index contributed by atoms with van der Waals surface area (Å²) in [6.07, 6.45) is 6.05. The standard InChI is InChI=1S/C11H17F/c1-5-11(9(2)3)8-6-7-10(4)12/h6-9H,4-5H2,1-3H3/b7-6-,11-8+. The molecule has 12 heavy (non-hydrogen) atoms. The van der Waals surface area contributed by atoms with Crippen LogP contribution in [0.3, 0.4) is 0 Å². The van der Waals surface area contributed by atoms with E-state index in [0.717, 1.165) is 6.42 Å². The lowest BCUT2D eigenvalue weighted by atomic mass is 10.0. The van der Waals surface area contributed by atoms with Crippen LogP contribution in [0.25, 0.3) is 0 Å². The van der Waals surface area contributed by atoms with Gasteiger partial charge in [0.2, 0.25) is 0 Å². The molecule has 0 saturated heterocycles. The molecule has 68 valence electrons. The second-order valence-electron chi connectivity index (χ2n) is 3.06. The minimum absolute atomic E-state index is 0.398. The molecule has 0 heterocycles. The maximum Gasteiger partial charge on any atom is 0.116 e. The molecule has 0 aromatic carbocycles. The quantitative estimate of drug-likeness (QED) is 0.556. The van der Waals surface area contributed by atoms with Crippen LogP contribution < -0.4 is 0 Å². The summed E-state index contributed by atoms with van der Waals surface area (Å²) in [5.41, 5.74) is 1.33. The van der Waals surface area contributed by atoms with E-state index in [1.165, 1.54) is 11.6 Å². The van der Waals surface area contributed by atoms with Crippen molar-refractivity contribution in [2.24, 2.45) is 5.92 Å². The minimum Gasteiger partial charge on any atom is -0.208 e. The molecule has 0 N–H and O–H groups in total. The van der Waals surface area contributed by atoms with E-state index in [0.29, 0.717) is 5.92 Å². The lowest BCUT2D eigenvalue weighted by molar-refractivity contribution is 0.671. The topological polar surface area (TPSA) is 0 Å². The summed E-state index contributed by atoms with van der Waals surface area (Å²) < 4.78 is 12.1. The molecule has 0 fully saturated rings. The van der Waals surface area contributed by atoms with Gasteiger partial charge in [0, 0.05) is 0 Å². The number of hydrogen-bond acceptors (Lipinski definition) is 0. The van der Waals surface area contributed by atoms with Crippen LogP contribution in [0.4, 0.5) is 4.39 Å². The zero-order valence-electron chi connectivity index (χ0n) is 8.10. The van der Waals surface area contributed by atoms with Gasteiger partial charge >= 0.3 is 0 Å². The monoisotopic (exact) mass is 168 g/mol. The van der Waals surface area contributed by atoms with Crippen LogP contribution in [0.15, 0.2) is 36.2 Å². The summed E-state index contributed by atoms with van der Waals surface area (Å²) >= 11 is 0. The highest BCUT2D eigenvalue weighted by atomic mass is 19.1. The molecule has 0 unspecified atom stereocenters. The third-order valence-electron chi connectivity index (χ3n) is 1.74. The highest BCUT2D eigenvalue weighted by Crippen LogP contribution is 2.13. The third-order valence-corrected chi connectivity index (χ3v) is 1.74. The van der Waals surface area contributed by atoms with E-state index >= 15 is 0 Å². The van der Waals surface area contributed by atoms with Gasteiger partial charge in [0.1, 0.15) is 5.83 Å². The van der Waals surface area contributed by atoms with Crippen LogP contribution in [0.5, 0.6) is 0 Å². The van der Waals surface area contributed by atoms with Crippen LogP contribution in [0.1, 0.15) is 27.2 Å². The lowest BCUT2D eigenvalue weighted by Gasteiger charge is -2.06. The average molecular weight is 168 g/mol. The van der Waals surface area contributed by atoms with Crippen LogP contribution in [-0.2, 0) is 0 Å². The Bertz CT molecular complexity index is 197. The summed E-state index contributed by atoms with van der Waals surface area (Å²) in [5.74, 6) is 0.137. The molecule has 1 heteroatoms. The van der Waals surface area contributed by atoms with Crippen molar-refractivity contribution in [2.45, 2.75) is 27.2 Å². The molecule has 0 aliphatic heterocycles. The molecule has 0 saturated carbocycles. The first kappa shape index (κ1) is 11.2. The molecule has 0 aromatic rings. The summed E-state index contributed by atoms with van der Waals surface area (Å²) in [4.78, 5) is 0. The molecule has 0 aliphatic rings. The molecule has 0 nitrogen and oxygen atoms in total. The maximum atomic E-state index is 12.1. The maximum absolute atomic E-state index is 12.1. The van der Waals surface area contributed by atoms with E-state index in [1.54, 1.807) is 6.08 Å². The van der Waals surface area contributed by atoms with Crippen molar-refractivity contribution < 1.29 is 4.39 Å². The highest BCUT2D eigenvalue weighted by Gasteiger charge is 1.97. The zero-order valence-corrected chi connectivity index (χ0v) is 8.10. The minimum atomic E-state index is -0.398. The lowest BCUT2D eigenvalue weighted by Crippen LogP contribution is -1.90. The molecule has 0 atom stereocenters. The van der Waals surface area contributed by atoms with Crippen molar-refractivity contribution in [1.29, 1.82) is 0 Å². The van der Waals surface area contributed by atoms with E-state index in [4.69, 9.17) is 0 Å². The van der Waals surface area contributed by atoms with Gasteiger partial charge in [-0.2, -0.15) is 0 Å². The Kier molecular flexibility index (Phi) is 5.35. The van der Waals surface area contributed by atoms with Crippen molar-refractivity contribution >= 4 is 0 Å². The number of rotatable bonds is 4. The van der Waals surface area contributed by atoms with Gasteiger partial charge in [-0.15, -0.1) is 0 Å². The Morgan fingerprint density at radius 1 is 1.50 bits per heavy atom. The first-order valence-corrected chi connectivity index (χ1v) is 4.29. The summed E-state index contributed by atoms with van der Waals surface area (Å²) in [6, 6.07) is 0. The number of allylic oxidation sites excluding steroid dienone is 5. The van der Waals surface area contributed by atoms with Gasteiger partial charge in [-0.05, 0) is 18.4 Å². The van der Waals surface area contributed by atoms with Gasteiger partial charge < -0.3 is 0 Å². The smallest absolute Gasteiger partial charge is 0.116 e. The van der Waals surface area contributed by atoms with Crippen molar-refractivity contribution in [3.05, 3.63) is 36.2 Å². The van der Waals surface area contributed by atoms with Gasteiger partial charge in [0.25, 0.3) is 0 Å². The van der Waals surface area contributed by atoms with Gasteiger partial charge in [-0.25, -0.2) is 4.39 Å². The van der Waals surface area contributed by atoms with E-state index in [1.807, 2.05) is 6.08 Å². The summed E-state index contributed by atoms with van der Waals surface area (Å²) in [7, 11) is 0. The van der Waals surface area contributed by atoms with E-state index < -0.39 is 5.83 Å². The molecule has 0 rings (SSSR count). The van der Waals surface area contributed by atoms with Crippen molar-refractivity contribution in [2.75, 3.05) is 0 Å². The summed E-state index contributed by atoms with van der Waals surface area (Å²) in [6.45, 7) is 9.51. The second kappa shape index (κ2) is 5.76. The molecule has 0 amide bonds. The van der Waals surface area contributed by atoms with E-state index in [-0.39, 0.29) is 0 Å². The van der Waals surface area contributed by atoms with Gasteiger partial charge in [0.05, 0.1) is 0 Å². The fourth-order valence-corrected chi connectivity index (χ4v) is 0.995. The van der Waals surface area contributed by atoms with Crippen molar-refractivity contribution in [1.82, 2.24) is 0 Å². The average Bonchev–Trinajstić information content (AvgIpc) is 1.96. The molecular weight excluding hydrogens is 151 g/mol. The molecule has 0 aliphatic carbocycles. The van der Waals surface area contributed by atoms with Gasteiger partial charge in [-0.1, -0.05) is 45.1 Å². The second-order valence-corrected chi connectivity index (χ2v) is 3.06. The van der Waals surface area contributed by atoms with Crippen LogP contribution in [0.2, 0.25) is 0 Å². The summed E-state index contributed by atoms with van der Waals surface area (Å²) in [5, 5.41) is 0. The molecule has 0 spiro atoms. The largest absolute Gasteiger partial charge is 0.208 e. The Balaban J connectivity index is 4.21. The SMILES string of the molecule is C=C(F)/C=C\C=C(/CC)C(C)C.